The maximum Gasteiger partial charge on any atom is 0.315 e. The first-order valence-corrected chi connectivity index (χ1v) is 17.3. The number of unbranched alkanes of at least 4 members (excludes halogenated alkanes) is 4. The van der Waals surface area contributed by atoms with Crippen LogP contribution in [0.15, 0.2) is 0 Å². The minimum atomic E-state index is -0.0451. The summed E-state index contributed by atoms with van der Waals surface area (Å²) in [6.45, 7) is 7.21. The summed E-state index contributed by atoms with van der Waals surface area (Å²) >= 11 is 1.92. The average molecular weight is 597 g/mol. The van der Waals surface area contributed by atoms with Gasteiger partial charge in [0.1, 0.15) is 17.3 Å². The van der Waals surface area contributed by atoms with Crippen LogP contribution >= 0.6 is 11.8 Å². The van der Waals surface area contributed by atoms with Crippen molar-refractivity contribution in [1.82, 2.24) is 10.6 Å². The Kier molecular flexibility index (Phi) is 19.3. The quantitative estimate of drug-likeness (QED) is 0.0860. The molecule has 41 heavy (non-hydrogen) atoms. The Morgan fingerprint density at radius 1 is 0.707 bits per heavy atom. The van der Waals surface area contributed by atoms with Crippen molar-refractivity contribution < 1.29 is 28.7 Å². The largest absolute Gasteiger partial charge is 0.381 e. The highest BCUT2D eigenvalue weighted by Gasteiger charge is 2.42. The SMILES string of the molecule is CC(C)CCOCCCCC(=O)CCCC(=O)CCCCOCCCCC(=O)CCCCC1SCC2NC(=O)NC21. The van der Waals surface area contributed by atoms with Crippen LogP contribution in [0.5, 0.6) is 0 Å². The number of carbonyl (C=O) groups is 4. The molecule has 236 valence electrons. The molecule has 2 saturated heterocycles. The molecule has 0 bridgehead atoms. The van der Waals surface area contributed by atoms with Crippen LogP contribution in [0.1, 0.15) is 123 Å². The zero-order valence-corrected chi connectivity index (χ0v) is 26.5. The van der Waals surface area contributed by atoms with Crippen LogP contribution in [0.25, 0.3) is 0 Å². The number of fused-ring (bicyclic) bond motifs is 1. The lowest BCUT2D eigenvalue weighted by Crippen LogP contribution is -2.36. The zero-order chi connectivity index (χ0) is 29.7. The molecule has 0 aromatic heterocycles. The smallest absolute Gasteiger partial charge is 0.315 e. The molecule has 9 heteroatoms. The Balaban J connectivity index is 1.29. The molecule has 2 fully saturated rings. The average Bonchev–Trinajstić information content (AvgIpc) is 3.48. The predicted octanol–water partition coefficient (Wildman–Crippen LogP) is 6.18. The molecule has 0 saturated carbocycles. The molecule has 0 spiro atoms. The zero-order valence-electron chi connectivity index (χ0n) is 25.7. The predicted molar refractivity (Wildman–Crippen MR) is 165 cm³/mol. The van der Waals surface area contributed by atoms with Gasteiger partial charge in [0.25, 0.3) is 0 Å². The summed E-state index contributed by atoms with van der Waals surface area (Å²) < 4.78 is 11.3. The topological polar surface area (TPSA) is 111 Å². The second-order valence-electron chi connectivity index (χ2n) is 12.1. The van der Waals surface area contributed by atoms with Gasteiger partial charge in [0.2, 0.25) is 0 Å². The molecular formula is C32H56N2O6S. The number of hydrogen-bond donors (Lipinski definition) is 2. The highest BCUT2D eigenvalue weighted by molar-refractivity contribution is 8.00. The van der Waals surface area contributed by atoms with Crippen molar-refractivity contribution in [3.63, 3.8) is 0 Å². The van der Waals surface area contributed by atoms with Crippen molar-refractivity contribution in [1.29, 1.82) is 0 Å². The Labute approximate surface area is 252 Å². The molecule has 2 amide bonds. The van der Waals surface area contributed by atoms with Gasteiger partial charge in [0.05, 0.1) is 12.1 Å². The molecule has 3 unspecified atom stereocenters. The molecule has 2 aliphatic rings. The van der Waals surface area contributed by atoms with Crippen molar-refractivity contribution in [2.24, 2.45) is 5.92 Å². The lowest BCUT2D eigenvalue weighted by Gasteiger charge is -2.16. The Bertz CT molecular complexity index is 777. The second kappa shape index (κ2) is 22.1. The summed E-state index contributed by atoms with van der Waals surface area (Å²) in [5.74, 6) is 2.47. The molecule has 2 heterocycles. The van der Waals surface area contributed by atoms with Crippen LogP contribution in [-0.4, -0.2) is 72.9 Å². The monoisotopic (exact) mass is 596 g/mol. The minimum absolute atomic E-state index is 0.0451. The number of carbonyl (C=O) groups excluding carboxylic acids is 4. The van der Waals surface area contributed by atoms with Gasteiger partial charge in [-0.2, -0.15) is 11.8 Å². The van der Waals surface area contributed by atoms with E-state index in [-0.39, 0.29) is 29.7 Å². The molecule has 2 rings (SSSR count). The summed E-state index contributed by atoms with van der Waals surface area (Å²) in [6.07, 6.45) is 13.4. The number of hydrogen-bond acceptors (Lipinski definition) is 7. The van der Waals surface area contributed by atoms with Crippen molar-refractivity contribution >= 4 is 35.1 Å². The van der Waals surface area contributed by atoms with E-state index in [9.17, 15) is 19.2 Å². The third-order valence-corrected chi connectivity index (χ3v) is 9.37. The van der Waals surface area contributed by atoms with Crippen LogP contribution in [0.2, 0.25) is 0 Å². The normalized spacial score (nSPS) is 19.8. The van der Waals surface area contributed by atoms with Gasteiger partial charge in [-0.15, -0.1) is 0 Å². The lowest BCUT2D eigenvalue weighted by atomic mass is 10.0. The standard InChI is InChI=1S/C32H56N2O6S/c1-25(2)19-23-40-22-10-7-15-28(37)17-11-16-27(36)14-6-9-21-39-20-8-5-13-26(35)12-3-4-18-30-31-29(24-41-30)33-32(38)34-31/h25,29-31H,3-24H2,1-2H3,(H2,33,34,38). The van der Waals surface area contributed by atoms with Gasteiger partial charge < -0.3 is 20.1 Å². The summed E-state index contributed by atoms with van der Waals surface area (Å²) in [6, 6.07) is 0.467. The van der Waals surface area contributed by atoms with E-state index in [0.29, 0.717) is 75.1 Å². The Morgan fingerprint density at radius 2 is 1.20 bits per heavy atom. The van der Waals surface area contributed by atoms with E-state index >= 15 is 0 Å². The van der Waals surface area contributed by atoms with Crippen LogP contribution < -0.4 is 10.6 Å². The van der Waals surface area contributed by atoms with Gasteiger partial charge in [-0.1, -0.05) is 20.3 Å². The summed E-state index contributed by atoms with van der Waals surface area (Å²) in [4.78, 5) is 47.7. The first kappa shape index (κ1) is 35.7. The number of ketones is 3. The Morgan fingerprint density at radius 3 is 1.73 bits per heavy atom. The Hall–Kier alpha value is -1.45. The molecule has 8 nitrogen and oxygen atoms in total. The van der Waals surface area contributed by atoms with Gasteiger partial charge in [-0.05, 0) is 70.1 Å². The van der Waals surface area contributed by atoms with Crippen molar-refractivity contribution in [2.45, 2.75) is 140 Å². The number of nitrogens with one attached hydrogen (secondary N) is 2. The maximum absolute atomic E-state index is 12.2. The molecule has 0 radical (unpaired) electrons. The molecule has 3 atom stereocenters. The van der Waals surface area contributed by atoms with E-state index < -0.39 is 0 Å². The molecule has 0 aromatic rings. The van der Waals surface area contributed by atoms with Crippen LogP contribution in [0.3, 0.4) is 0 Å². The van der Waals surface area contributed by atoms with Gasteiger partial charge in [-0.25, -0.2) is 4.79 Å². The molecule has 2 N–H and O–H groups in total. The fourth-order valence-corrected chi connectivity index (χ4v) is 6.81. The van der Waals surface area contributed by atoms with Crippen molar-refractivity contribution in [3.05, 3.63) is 0 Å². The highest BCUT2D eigenvalue weighted by Crippen LogP contribution is 2.33. The highest BCUT2D eigenvalue weighted by atomic mass is 32.2. The molecule has 0 aromatic carbocycles. The number of ether oxygens (including phenoxy) is 2. The van der Waals surface area contributed by atoms with Gasteiger partial charge in [0, 0.05) is 76.0 Å². The number of amides is 2. The number of rotatable bonds is 27. The number of urea groups is 1. The first-order valence-electron chi connectivity index (χ1n) is 16.2. The second-order valence-corrected chi connectivity index (χ2v) is 13.4. The van der Waals surface area contributed by atoms with Crippen LogP contribution in [-0.2, 0) is 23.9 Å². The van der Waals surface area contributed by atoms with Crippen LogP contribution in [0, 0.1) is 5.92 Å². The first-order chi connectivity index (χ1) is 19.8. The summed E-state index contributed by atoms with van der Waals surface area (Å²) in [5, 5.41) is 6.45. The lowest BCUT2D eigenvalue weighted by molar-refractivity contribution is -0.121. The summed E-state index contributed by atoms with van der Waals surface area (Å²) in [5.41, 5.74) is 0. The molecular weight excluding hydrogens is 540 g/mol. The van der Waals surface area contributed by atoms with E-state index in [0.717, 1.165) is 83.2 Å². The molecule has 2 aliphatic heterocycles. The fourth-order valence-electron chi connectivity index (χ4n) is 5.27. The summed E-state index contributed by atoms with van der Waals surface area (Å²) in [7, 11) is 0. The van der Waals surface area contributed by atoms with Crippen molar-refractivity contribution in [3.8, 4) is 0 Å². The third kappa shape index (κ3) is 17.3. The fraction of sp³-hybridized carbons (Fsp3) is 0.875. The number of Topliss-reactive ketones (excluding diaryl/α,β-unsaturated/α-hetero) is 3. The molecule has 0 aliphatic carbocycles. The van der Waals surface area contributed by atoms with E-state index in [4.69, 9.17) is 9.47 Å². The van der Waals surface area contributed by atoms with E-state index in [1.54, 1.807) is 0 Å². The van der Waals surface area contributed by atoms with E-state index in [1.807, 2.05) is 11.8 Å². The van der Waals surface area contributed by atoms with E-state index in [1.165, 1.54) is 0 Å². The van der Waals surface area contributed by atoms with Gasteiger partial charge in [-0.3, -0.25) is 14.4 Å². The van der Waals surface area contributed by atoms with Crippen LogP contribution in [0.4, 0.5) is 4.79 Å². The number of thioether (sulfide) groups is 1. The van der Waals surface area contributed by atoms with Crippen molar-refractivity contribution in [2.75, 3.05) is 32.2 Å². The minimum Gasteiger partial charge on any atom is -0.381 e. The third-order valence-electron chi connectivity index (χ3n) is 7.87. The van der Waals surface area contributed by atoms with Gasteiger partial charge in [0.15, 0.2) is 0 Å². The van der Waals surface area contributed by atoms with E-state index in [2.05, 4.69) is 24.5 Å². The van der Waals surface area contributed by atoms with Gasteiger partial charge >= 0.3 is 6.03 Å². The maximum atomic E-state index is 12.2.